The lowest BCUT2D eigenvalue weighted by Gasteiger charge is -2.57. The first kappa shape index (κ1) is 12.4. The van der Waals surface area contributed by atoms with Crippen molar-refractivity contribution in [3.05, 3.63) is 23.8 Å². The number of benzene rings is 1. The maximum Gasteiger partial charge on any atom is 0.183 e. The van der Waals surface area contributed by atoms with E-state index in [1.807, 2.05) is 0 Å². The maximum absolute atomic E-state index is 14.0. The Labute approximate surface area is 117 Å². The van der Waals surface area contributed by atoms with Gasteiger partial charge in [0.05, 0.1) is 11.4 Å². The van der Waals surface area contributed by atoms with Gasteiger partial charge in [0, 0.05) is 5.54 Å². The molecule has 4 aliphatic rings. The molecule has 1 aromatic carbocycles. The van der Waals surface area contributed by atoms with E-state index in [4.69, 9.17) is 5.73 Å². The molecule has 0 heterocycles. The van der Waals surface area contributed by atoms with Gasteiger partial charge in [0.15, 0.2) is 11.6 Å². The summed E-state index contributed by atoms with van der Waals surface area (Å²) >= 11 is 0. The van der Waals surface area contributed by atoms with Crippen LogP contribution in [0.5, 0.6) is 0 Å². The van der Waals surface area contributed by atoms with Crippen LogP contribution in [0.3, 0.4) is 0 Å². The molecule has 20 heavy (non-hydrogen) atoms. The van der Waals surface area contributed by atoms with Crippen molar-refractivity contribution in [3.63, 3.8) is 0 Å². The topological polar surface area (TPSA) is 38.0 Å². The van der Waals surface area contributed by atoms with Crippen LogP contribution in [0.1, 0.15) is 38.5 Å². The summed E-state index contributed by atoms with van der Waals surface area (Å²) < 4.78 is 27.5. The number of nitrogens with two attached hydrogens (primary N) is 1. The minimum Gasteiger partial charge on any atom is -0.397 e. The monoisotopic (exact) mass is 278 g/mol. The molecule has 0 saturated heterocycles. The van der Waals surface area contributed by atoms with Gasteiger partial charge in [0.1, 0.15) is 0 Å². The number of rotatable bonds is 2. The van der Waals surface area contributed by atoms with Crippen LogP contribution in [0.25, 0.3) is 0 Å². The van der Waals surface area contributed by atoms with Crippen LogP contribution >= 0.6 is 0 Å². The molecule has 5 rings (SSSR count). The van der Waals surface area contributed by atoms with Crippen molar-refractivity contribution in [1.29, 1.82) is 0 Å². The Balaban J connectivity index is 1.68. The number of hydrogen-bond donors (Lipinski definition) is 2. The zero-order valence-corrected chi connectivity index (χ0v) is 11.5. The minimum absolute atomic E-state index is 0.0580. The first-order valence-corrected chi connectivity index (χ1v) is 7.56. The van der Waals surface area contributed by atoms with Crippen LogP contribution in [0, 0.1) is 29.4 Å². The van der Waals surface area contributed by atoms with Crippen LogP contribution in [0.2, 0.25) is 0 Å². The smallest absolute Gasteiger partial charge is 0.183 e. The van der Waals surface area contributed by atoms with E-state index in [-0.39, 0.29) is 11.2 Å². The van der Waals surface area contributed by atoms with E-state index >= 15 is 0 Å². The van der Waals surface area contributed by atoms with Crippen LogP contribution in [0.4, 0.5) is 20.2 Å². The molecular weight excluding hydrogens is 258 g/mol. The molecule has 4 heteroatoms. The van der Waals surface area contributed by atoms with Crippen molar-refractivity contribution in [2.24, 2.45) is 17.8 Å². The van der Waals surface area contributed by atoms with Crippen molar-refractivity contribution < 1.29 is 8.78 Å². The van der Waals surface area contributed by atoms with Gasteiger partial charge in [-0.2, -0.15) is 0 Å². The van der Waals surface area contributed by atoms with E-state index in [9.17, 15) is 8.78 Å². The highest BCUT2D eigenvalue weighted by Gasteiger charge is 2.51. The van der Waals surface area contributed by atoms with E-state index in [1.165, 1.54) is 25.3 Å². The number of nitrogens with one attached hydrogen (secondary N) is 1. The van der Waals surface area contributed by atoms with Gasteiger partial charge >= 0.3 is 0 Å². The van der Waals surface area contributed by atoms with Gasteiger partial charge in [0.2, 0.25) is 0 Å². The predicted octanol–water partition coefficient (Wildman–Crippen LogP) is 3.93. The molecule has 0 amide bonds. The van der Waals surface area contributed by atoms with Gasteiger partial charge in [-0.15, -0.1) is 0 Å². The molecule has 4 bridgehead atoms. The molecule has 0 aliphatic heterocycles. The van der Waals surface area contributed by atoms with Gasteiger partial charge in [0.25, 0.3) is 0 Å². The quantitative estimate of drug-likeness (QED) is 0.804. The summed E-state index contributed by atoms with van der Waals surface area (Å²) in [7, 11) is 0. The molecule has 0 atom stereocenters. The minimum atomic E-state index is -0.833. The van der Waals surface area contributed by atoms with Crippen molar-refractivity contribution in [2.45, 2.75) is 44.1 Å². The molecule has 3 N–H and O–H groups in total. The Bertz CT molecular complexity index is 520. The van der Waals surface area contributed by atoms with E-state index in [0.717, 1.165) is 43.1 Å². The predicted molar refractivity (Wildman–Crippen MR) is 75.3 cm³/mol. The highest BCUT2D eigenvalue weighted by Crippen LogP contribution is 2.56. The molecule has 1 aromatic rings. The summed E-state index contributed by atoms with van der Waals surface area (Å²) in [6, 6.07) is 2.54. The molecule has 2 nitrogen and oxygen atoms in total. The highest BCUT2D eigenvalue weighted by molar-refractivity contribution is 5.68. The van der Waals surface area contributed by atoms with E-state index in [0.29, 0.717) is 5.69 Å². The molecule has 0 radical (unpaired) electrons. The molecule has 108 valence electrons. The molecule has 4 saturated carbocycles. The fourth-order valence-electron chi connectivity index (χ4n) is 5.22. The molecule has 4 aliphatic carbocycles. The number of hydrogen-bond acceptors (Lipinski definition) is 2. The Morgan fingerprint density at radius 3 is 2.10 bits per heavy atom. The molecule has 4 fully saturated rings. The summed E-state index contributed by atoms with van der Waals surface area (Å²) in [5, 5.41) is 3.32. The van der Waals surface area contributed by atoms with Crippen LogP contribution in [-0.4, -0.2) is 5.54 Å². The van der Waals surface area contributed by atoms with Crippen LogP contribution in [-0.2, 0) is 0 Å². The van der Waals surface area contributed by atoms with Gasteiger partial charge in [-0.25, -0.2) is 8.78 Å². The van der Waals surface area contributed by atoms with Crippen molar-refractivity contribution in [3.8, 4) is 0 Å². The summed E-state index contributed by atoms with van der Waals surface area (Å²) in [5.74, 6) is 0.608. The number of nitrogen functional groups attached to an aromatic ring is 1. The molecule has 0 unspecified atom stereocenters. The van der Waals surface area contributed by atoms with E-state index in [2.05, 4.69) is 5.32 Å². The van der Waals surface area contributed by atoms with Crippen molar-refractivity contribution in [1.82, 2.24) is 0 Å². The Morgan fingerprint density at radius 2 is 1.55 bits per heavy atom. The molecular formula is C16H20F2N2. The lowest BCUT2D eigenvalue weighted by Crippen LogP contribution is -2.55. The summed E-state index contributed by atoms with van der Waals surface area (Å²) in [6.45, 7) is 0. The van der Waals surface area contributed by atoms with Crippen LogP contribution in [0.15, 0.2) is 12.1 Å². The fraction of sp³-hybridized carbons (Fsp3) is 0.625. The average Bonchev–Trinajstić information content (AvgIpc) is 2.38. The van der Waals surface area contributed by atoms with Gasteiger partial charge in [-0.3, -0.25) is 0 Å². The zero-order chi connectivity index (χ0) is 13.9. The third kappa shape index (κ3) is 1.80. The largest absolute Gasteiger partial charge is 0.397 e. The maximum atomic E-state index is 14.0. The lowest BCUT2D eigenvalue weighted by molar-refractivity contribution is 0.0106. The fourth-order valence-corrected chi connectivity index (χ4v) is 5.22. The summed E-state index contributed by atoms with van der Waals surface area (Å²) in [6.07, 6.45) is 7.20. The first-order valence-electron chi connectivity index (χ1n) is 7.56. The first-order chi connectivity index (χ1) is 9.55. The van der Waals surface area contributed by atoms with E-state index < -0.39 is 11.6 Å². The molecule has 0 aromatic heterocycles. The van der Waals surface area contributed by atoms with Gasteiger partial charge < -0.3 is 11.1 Å². The normalized spacial score (nSPS) is 38.2. The van der Waals surface area contributed by atoms with Crippen molar-refractivity contribution in [2.75, 3.05) is 11.1 Å². The van der Waals surface area contributed by atoms with Crippen LogP contribution < -0.4 is 11.1 Å². The standard InChI is InChI=1S/C16H20F2N2/c17-12-1-2-13(19)15(14(12)18)20-16-6-9-3-10(7-16)5-11(4-9)8-16/h1-2,9-11,20H,3-8,19H2. The second kappa shape index (κ2) is 4.09. The van der Waals surface area contributed by atoms with Gasteiger partial charge in [-0.05, 0) is 68.4 Å². The Hall–Kier alpha value is -1.32. The number of anilines is 2. The summed E-state index contributed by atoms with van der Waals surface area (Å²) in [5.41, 5.74) is 6.27. The second-order valence-corrected chi connectivity index (χ2v) is 7.15. The summed E-state index contributed by atoms with van der Waals surface area (Å²) in [4.78, 5) is 0. The third-order valence-corrected chi connectivity index (χ3v) is 5.56. The Kier molecular flexibility index (Phi) is 2.54. The Morgan fingerprint density at radius 1 is 1.00 bits per heavy atom. The highest BCUT2D eigenvalue weighted by atomic mass is 19.2. The number of halogens is 2. The second-order valence-electron chi connectivity index (χ2n) is 7.15. The van der Waals surface area contributed by atoms with Gasteiger partial charge in [-0.1, -0.05) is 0 Å². The SMILES string of the molecule is Nc1ccc(F)c(F)c1NC12CC3CC(CC(C3)C1)C2. The third-order valence-electron chi connectivity index (χ3n) is 5.56. The average molecular weight is 278 g/mol. The van der Waals surface area contributed by atoms with E-state index in [1.54, 1.807) is 0 Å². The zero-order valence-electron chi connectivity index (χ0n) is 11.5. The van der Waals surface area contributed by atoms with Crippen molar-refractivity contribution >= 4 is 11.4 Å². The lowest BCUT2D eigenvalue weighted by atomic mass is 9.53. The molecule has 0 spiro atoms.